The fraction of sp³-hybridized carbons (Fsp3) is 0.258. The van der Waals surface area contributed by atoms with Crippen molar-refractivity contribution in [3.63, 3.8) is 0 Å². The molecule has 2 aliphatic rings. The molecule has 35 heavy (non-hydrogen) atoms. The second-order valence-corrected chi connectivity index (χ2v) is 9.40. The van der Waals surface area contributed by atoms with Gasteiger partial charge in [-0.15, -0.1) is 0 Å². The molecule has 1 aliphatic carbocycles. The average Bonchev–Trinajstić information content (AvgIpc) is 3.47. The van der Waals surface area contributed by atoms with Gasteiger partial charge in [0.2, 0.25) is 0 Å². The molecule has 4 nitrogen and oxygen atoms in total. The lowest BCUT2D eigenvalue weighted by Crippen LogP contribution is -2.26. The largest absolute Gasteiger partial charge is 0.477 e. The number of benzene rings is 3. The Morgan fingerprint density at radius 1 is 1.06 bits per heavy atom. The first-order valence-electron chi connectivity index (χ1n) is 12.3. The molecular weight excluding hydrogens is 432 g/mol. The molecule has 5 rings (SSSR count). The van der Waals surface area contributed by atoms with E-state index in [-0.39, 0.29) is 5.57 Å². The Morgan fingerprint density at radius 2 is 1.80 bits per heavy atom. The molecule has 3 aromatic carbocycles. The average molecular weight is 461 g/mol. The van der Waals surface area contributed by atoms with Gasteiger partial charge in [-0.25, -0.2) is 4.79 Å². The number of hydrogen-bond acceptors (Lipinski definition) is 3. The Balaban J connectivity index is 1.44. The second-order valence-electron chi connectivity index (χ2n) is 9.40. The van der Waals surface area contributed by atoms with Crippen LogP contribution in [-0.2, 0) is 11.2 Å². The molecule has 1 fully saturated rings. The highest BCUT2D eigenvalue weighted by Gasteiger charge is 2.42. The van der Waals surface area contributed by atoms with Crippen molar-refractivity contribution in [1.82, 2.24) is 0 Å². The number of carboxylic acids is 1. The van der Waals surface area contributed by atoms with Gasteiger partial charge in [-0.05, 0) is 97.2 Å². The lowest BCUT2D eigenvalue weighted by molar-refractivity contribution is -0.132. The van der Waals surface area contributed by atoms with E-state index in [1.54, 1.807) is 6.07 Å². The second kappa shape index (κ2) is 9.80. The number of fused-ring (bicyclic) bond motifs is 3. The maximum atomic E-state index is 11.1. The lowest BCUT2D eigenvalue weighted by Gasteiger charge is -2.27. The van der Waals surface area contributed by atoms with Crippen LogP contribution in [0.2, 0.25) is 0 Å². The van der Waals surface area contributed by atoms with Gasteiger partial charge in [0.05, 0.1) is 0 Å². The molecule has 0 saturated heterocycles. The number of nitrogens with zero attached hydrogens (tertiary/aromatic N) is 2. The Bertz CT molecular complexity index is 1300. The summed E-state index contributed by atoms with van der Waals surface area (Å²) in [4.78, 5) is 13.6. The topological polar surface area (TPSA) is 64.3 Å². The Kier molecular flexibility index (Phi) is 6.42. The number of aliphatic carboxylic acids is 1. The molecule has 2 radical (unpaired) electrons. The van der Waals surface area contributed by atoms with E-state index in [4.69, 9.17) is 17.3 Å². The number of aryl methyl sites for hydroxylation is 1. The molecule has 0 aromatic heterocycles. The maximum Gasteiger partial charge on any atom is 0.346 e. The van der Waals surface area contributed by atoms with Crippen molar-refractivity contribution in [1.29, 1.82) is 5.26 Å². The van der Waals surface area contributed by atoms with Gasteiger partial charge in [0.15, 0.2) is 0 Å². The molecular formula is C31H28N2O2. The number of carbonyl (C=O) groups is 1. The molecule has 1 heterocycles. The molecule has 2 unspecified atom stereocenters. The summed E-state index contributed by atoms with van der Waals surface area (Å²) < 4.78 is 0. The minimum Gasteiger partial charge on any atom is -0.477 e. The lowest BCUT2D eigenvalue weighted by atomic mass is 9.93. The minimum atomic E-state index is -1.21. The zero-order valence-corrected chi connectivity index (χ0v) is 19.7. The van der Waals surface area contributed by atoms with Gasteiger partial charge in [-0.2, -0.15) is 5.26 Å². The van der Waals surface area contributed by atoms with Crippen LogP contribution >= 0.6 is 0 Å². The van der Waals surface area contributed by atoms with Crippen LogP contribution in [0.25, 0.3) is 17.2 Å². The zero-order chi connectivity index (χ0) is 24.4. The maximum absolute atomic E-state index is 11.1. The summed E-state index contributed by atoms with van der Waals surface area (Å²) in [5, 5.41) is 18.1. The van der Waals surface area contributed by atoms with E-state index in [0.717, 1.165) is 30.4 Å². The first-order chi connectivity index (χ1) is 17.1. The van der Waals surface area contributed by atoms with Crippen LogP contribution in [0, 0.1) is 18.3 Å². The Hall–Kier alpha value is -3.84. The van der Waals surface area contributed by atoms with Gasteiger partial charge >= 0.3 is 5.97 Å². The molecule has 0 bridgehead atoms. The van der Waals surface area contributed by atoms with E-state index in [9.17, 15) is 4.79 Å². The predicted molar refractivity (Wildman–Crippen MR) is 139 cm³/mol. The molecule has 1 N–H and O–H groups in total. The highest BCUT2D eigenvalue weighted by molar-refractivity contribution is 5.96. The molecule has 0 spiro atoms. The van der Waals surface area contributed by atoms with Crippen LogP contribution in [0.15, 0.2) is 72.3 Å². The Labute approximate surface area is 207 Å². The number of anilines is 2. The number of hydrogen-bond donors (Lipinski definition) is 1. The van der Waals surface area contributed by atoms with Crippen molar-refractivity contribution in [3.05, 3.63) is 95.9 Å². The molecule has 3 aromatic rings. The van der Waals surface area contributed by atoms with Crippen LogP contribution in [-0.4, -0.2) is 17.1 Å². The van der Waals surface area contributed by atoms with Crippen molar-refractivity contribution in [3.8, 4) is 17.2 Å². The van der Waals surface area contributed by atoms with Crippen LogP contribution in [0.4, 0.5) is 11.4 Å². The van der Waals surface area contributed by atoms with Crippen molar-refractivity contribution in [2.45, 2.75) is 50.5 Å². The number of carboxylic acid groups (broad SMARTS) is 1. The smallest absolute Gasteiger partial charge is 0.346 e. The monoisotopic (exact) mass is 460 g/mol. The van der Waals surface area contributed by atoms with Crippen molar-refractivity contribution < 1.29 is 9.90 Å². The highest BCUT2D eigenvalue weighted by Crippen LogP contribution is 2.53. The predicted octanol–water partition coefficient (Wildman–Crippen LogP) is 7.17. The normalized spacial score (nSPS) is 18.7. The van der Waals surface area contributed by atoms with E-state index >= 15 is 0 Å². The molecule has 1 saturated carbocycles. The molecule has 174 valence electrons. The fourth-order valence-corrected chi connectivity index (χ4v) is 5.58. The number of rotatable bonds is 7. The van der Waals surface area contributed by atoms with Crippen molar-refractivity contribution in [2.75, 3.05) is 4.90 Å². The number of unbranched alkanes of at least 4 members (excludes halogenated alkanes) is 1. The highest BCUT2D eigenvalue weighted by atomic mass is 16.4. The van der Waals surface area contributed by atoms with Crippen molar-refractivity contribution >= 4 is 23.4 Å². The van der Waals surface area contributed by atoms with Crippen molar-refractivity contribution in [2.24, 2.45) is 0 Å². The molecule has 0 amide bonds. The van der Waals surface area contributed by atoms with E-state index in [0.29, 0.717) is 17.5 Å². The summed E-state index contributed by atoms with van der Waals surface area (Å²) >= 11 is 0. The minimum absolute atomic E-state index is 0.268. The zero-order valence-electron chi connectivity index (χ0n) is 19.7. The summed E-state index contributed by atoms with van der Waals surface area (Å²) in [6.45, 7) is 5.67. The SMILES string of the molecule is [CH]CCCc1ccc(N2c3ccc(-c4ccc(C=C(C#N)C(=O)O)cc4)cc3C3CCCC32)cc1. The van der Waals surface area contributed by atoms with Crippen LogP contribution in [0.1, 0.15) is 54.7 Å². The standard InChI is InChI=1S/C31H28N2O2/c1-2-3-5-21-10-15-26(16-11-21)33-29-7-4-6-27(29)28-19-24(14-17-30(28)33)23-12-8-22(9-13-23)18-25(20-32)31(34)35/h1,8-19,27,29H,2-7H2,(H,34,35). The molecule has 4 heteroatoms. The fourth-order valence-electron chi connectivity index (χ4n) is 5.58. The van der Waals surface area contributed by atoms with Gasteiger partial charge in [0, 0.05) is 23.3 Å². The third-order valence-electron chi connectivity index (χ3n) is 7.29. The van der Waals surface area contributed by atoms with E-state index in [2.05, 4.69) is 47.4 Å². The first kappa shape index (κ1) is 22.9. The molecule has 2 atom stereocenters. The quantitative estimate of drug-likeness (QED) is 0.300. The summed E-state index contributed by atoms with van der Waals surface area (Å²) in [6, 6.07) is 25.7. The summed E-state index contributed by atoms with van der Waals surface area (Å²) in [6.07, 6.45) is 7.81. The summed E-state index contributed by atoms with van der Waals surface area (Å²) in [5.74, 6) is -0.672. The van der Waals surface area contributed by atoms with Crippen LogP contribution in [0.3, 0.4) is 0 Å². The van der Waals surface area contributed by atoms with E-state index in [1.807, 2.05) is 24.3 Å². The van der Waals surface area contributed by atoms with Crippen LogP contribution < -0.4 is 4.90 Å². The Morgan fingerprint density at radius 3 is 2.49 bits per heavy atom. The summed E-state index contributed by atoms with van der Waals surface area (Å²) in [7, 11) is 0. The van der Waals surface area contributed by atoms with Gasteiger partial charge in [0.1, 0.15) is 11.6 Å². The third-order valence-corrected chi connectivity index (χ3v) is 7.29. The molecule has 1 aliphatic heterocycles. The van der Waals surface area contributed by atoms with Crippen LogP contribution in [0.5, 0.6) is 0 Å². The van der Waals surface area contributed by atoms with E-state index in [1.165, 1.54) is 47.8 Å². The van der Waals surface area contributed by atoms with Gasteiger partial charge in [0.25, 0.3) is 0 Å². The van der Waals surface area contributed by atoms with Gasteiger partial charge in [-0.3, -0.25) is 0 Å². The summed E-state index contributed by atoms with van der Waals surface area (Å²) in [5.41, 5.74) is 7.98. The van der Waals surface area contributed by atoms with E-state index < -0.39 is 5.97 Å². The first-order valence-corrected chi connectivity index (χ1v) is 12.3. The van der Waals surface area contributed by atoms with Gasteiger partial charge in [-0.1, -0.05) is 48.9 Å². The number of nitriles is 1. The van der Waals surface area contributed by atoms with Gasteiger partial charge < -0.3 is 10.0 Å². The third kappa shape index (κ3) is 4.47.